The minimum Gasteiger partial charge on any atom is -0.396 e. The largest absolute Gasteiger partial charge is 0.396 e. The third kappa shape index (κ3) is 7.54. The van der Waals surface area contributed by atoms with Crippen LogP contribution in [-0.2, 0) is 9.59 Å². The fourth-order valence-electron chi connectivity index (χ4n) is 0.864. The molecular formula is C9H18N2O3. The second-order valence-corrected chi connectivity index (χ2v) is 2.95. The number of carbonyl (C=O) groups is 2. The molecule has 0 heterocycles. The molecule has 14 heavy (non-hydrogen) atoms. The van der Waals surface area contributed by atoms with Crippen molar-refractivity contribution in [3.63, 3.8) is 0 Å². The van der Waals surface area contributed by atoms with Crippen molar-refractivity contribution in [2.24, 2.45) is 0 Å². The molecule has 0 aliphatic heterocycles. The predicted molar refractivity (Wildman–Crippen MR) is 52.6 cm³/mol. The number of carbonyl (C=O) groups excluding carboxylic acids is 2. The van der Waals surface area contributed by atoms with Gasteiger partial charge in [0.05, 0.1) is 6.54 Å². The minimum atomic E-state index is -0.220. The lowest BCUT2D eigenvalue weighted by Gasteiger charge is -2.05. The molecule has 0 spiro atoms. The summed E-state index contributed by atoms with van der Waals surface area (Å²) in [5.41, 5.74) is 0. The van der Waals surface area contributed by atoms with Crippen molar-refractivity contribution in [1.82, 2.24) is 10.6 Å². The second-order valence-electron chi connectivity index (χ2n) is 2.95. The molecule has 2 amide bonds. The minimum absolute atomic E-state index is 0.0181. The van der Waals surface area contributed by atoms with Crippen LogP contribution in [0.15, 0.2) is 0 Å². The quantitative estimate of drug-likeness (QED) is 0.482. The highest BCUT2D eigenvalue weighted by Gasteiger charge is 2.03. The van der Waals surface area contributed by atoms with Crippen LogP contribution in [0, 0.1) is 0 Å². The van der Waals surface area contributed by atoms with E-state index >= 15 is 0 Å². The third-order valence-electron chi connectivity index (χ3n) is 1.58. The lowest BCUT2D eigenvalue weighted by molar-refractivity contribution is -0.126. The van der Waals surface area contributed by atoms with Gasteiger partial charge in [-0.25, -0.2) is 0 Å². The summed E-state index contributed by atoms with van der Waals surface area (Å²) in [6, 6.07) is 0. The topological polar surface area (TPSA) is 78.4 Å². The highest BCUT2D eigenvalue weighted by molar-refractivity contribution is 5.84. The summed E-state index contributed by atoms with van der Waals surface area (Å²) in [7, 11) is 0. The Kier molecular flexibility index (Phi) is 7.83. The van der Waals surface area contributed by atoms with Crippen LogP contribution in [0.25, 0.3) is 0 Å². The zero-order valence-corrected chi connectivity index (χ0v) is 8.51. The molecular weight excluding hydrogens is 184 g/mol. The Morgan fingerprint density at radius 1 is 1.21 bits per heavy atom. The van der Waals surface area contributed by atoms with Gasteiger partial charge in [-0.1, -0.05) is 6.92 Å². The molecule has 0 rings (SSSR count). The molecule has 5 nitrogen and oxygen atoms in total. The first kappa shape index (κ1) is 12.9. The van der Waals surface area contributed by atoms with Gasteiger partial charge in [0.1, 0.15) is 0 Å². The zero-order chi connectivity index (χ0) is 10.8. The monoisotopic (exact) mass is 202 g/mol. The number of amides is 2. The van der Waals surface area contributed by atoms with Crippen LogP contribution in [0.2, 0.25) is 0 Å². The Bertz CT molecular complexity index is 183. The van der Waals surface area contributed by atoms with Crippen LogP contribution in [0.1, 0.15) is 26.2 Å². The third-order valence-corrected chi connectivity index (χ3v) is 1.58. The van der Waals surface area contributed by atoms with Gasteiger partial charge in [-0.15, -0.1) is 0 Å². The molecule has 0 bridgehead atoms. The summed E-state index contributed by atoms with van der Waals surface area (Å²) in [5, 5.41) is 13.5. The molecule has 82 valence electrons. The van der Waals surface area contributed by atoms with Crippen molar-refractivity contribution in [3.05, 3.63) is 0 Å². The van der Waals surface area contributed by atoms with Crippen LogP contribution in [0.5, 0.6) is 0 Å². The second kappa shape index (κ2) is 8.50. The van der Waals surface area contributed by atoms with Gasteiger partial charge >= 0.3 is 0 Å². The van der Waals surface area contributed by atoms with Gasteiger partial charge in [-0.3, -0.25) is 9.59 Å². The molecule has 0 saturated heterocycles. The van der Waals surface area contributed by atoms with Crippen LogP contribution in [0.4, 0.5) is 0 Å². The summed E-state index contributed by atoms with van der Waals surface area (Å²) in [5.74, 6) is -0.326. The fourth-order valence-corrected chi connectivity index (χ4v) is 0.864. The normalized spacial score (nSPS) is 9.57. The average molecular weight is 202 g/mol. The van der Waals surface area contributed by atoms with E-state index in [0.29, 0.717) is 19.4 Å². The number of aliphatic hydroxyl groups excluding tert-OH is 1. The molecule has 0 fully saturated rings. The smallest absolute Gasteiger partial charge is 0.239 e. The fraction of sp³-hybridized carbons (Fsp3) is 0.778. The van der Waals surface area contributed by atoms with E-state index in [-0.39, 0.29) is 25.0 Å². The van der Waals surface area contributed by atoms with Gasteiger partial charge in [-0.2, -0.15) is 0 Å². The van der Waals surface area contributed by atoms with E-state index in [0.717, 1.165) is 6.42 Å². The highest BCUT2D eigenvalue weighted by Crippen LogP contribution is 1.84. The van der Waals surface area contributed by atoms with Gasteiger partial charge < -0.3 is 15.7 Å². The molecule has 0 aromatic rings. The summed E-state index contributed by atoms with van der Waals surface area (Å²) in [6.45, 7) is 2.42. The van der Waals surface area contributed by atoms with Gasteiger partial charge in [0, 0.05) is 19.6 Å². The van der Waals surface area contributed by atoms with Crippen molar-refractivity contribution < 1.29 is 14.7 Å². The number of hydrogen-bond acceptors (Lipinski definition) is 3. The van der Waals surface area contributed by atoms with E-state index < -0.39 is 0 Å². The van der Waals surface area contributed by atoms with E-state index in [2.05, 4.69) is 10.6 Å². The zero-order valence-electron chi connectivity index (χ0n) is 8.51. The maximum atomic E-state index is 11.0. The number of aliphatic hydroxyl groups is 1. The van der Waals surface area contributed by atoms with Gasteiger partial charge in [0.25, 0.3) is 0 Å². The molecule has 0 unspecified atom stereocenters. The standard InChI is InChI=1S/C9H18N2O3/c1-2-4-8(13)11-7-9(14)10-5-3-6-12/h12H,2-7H2,1H3,(H,10,14)(H,11,13). The molecule has 0 aliphatic rings. The van der Waals surface area contributed by atoms with E-state index in [9.17, 15) is 9.59 Å². The number of nitrogens with one attached hydrogen (secondary N) is 2. The van der Waals surface area contributed by atoms with E-state index in [1.54, 1.807) is 0 Å². The summed E-state index contributed by atoms with van der Waals surface area (Å²) >= 11 is 0. The summed E-state index contributed by atoms with van der Waals surface area (Å²) in [4.78, 5) is 22.0. The molecule has 0 aromatic carbocycles. The summed E-state index contributed by atoms with van der Waals surface area (Å²) in [6.07, 6.45) is 1.76. The Labute approximate surface area is 83.9 Å². The van der Waals surface area contributed by atoms with Crippen molar-refractivity contribution >= 4 is 11.8 Å². The Balaban J connectivity index is 3.39. The Hall–Kier alpha value is -1.10. The molecule has 3 N–H and O–H groups in total. The van der Waals surface area contributed by atoms with Crippen molar-refractivity contribution in [1.29, 1.82) is 0 Å². The van der Waals surface area contributed by atoms with Crippen molar-refractivity contribution in [3.8, 4) is 0 Å². The molecule has 5 heteroatoms. The van der Waals surface area contributed by atoms with Gasteiger partial charge in [-0.05, 0) is 12.8 Å². The number of rotatable bonds is 7. The lowest BCUT2D eigenvalue weighted by atomic mass is 10.3. The van der Waals surface area contributed by atoms with Gasteiger partial charge in [0.15, 0.2) is 0 Å². The SMILES string of the molecule is CCCC(=O)NCC(=O)NCCCO. The first-order valence-corrected chi connectivity index (χ1v) is 4.85. The first-order chi connectivity index (χ1) is 6.70. The van der Waals surface area contributed by atoms with E-state index in [1.165, 1.54) is 0 Å². The molecule has 0 radical (unpaired) electrons. The maximum absolute atomic E-state index is 11.0. The molecule has 0 saturated carbocycles. The van der Waals surface area contributed by atoms with Crippen LogP contribution >= 0.6 is 0 Å². The Morgan fingerprint density at radius 3 is 2.50 bits per heavy atom. The maximum Gasteiger partial charge on any atom is 0.239 e. The molecule has 0 aliphatic carbocycles. The van der Waals surface area contributed by atoms with Crippen LogP contribution in [-0.4, -0.2) is 36.6 Å². The van der Waals surface area contributed by atoms with Crippen molar-refractivity contribution in [2.75, 3.05) is 19.7 Å². The van der Waals surface area contributed by atoms with E-state index in [1.807, 2.05) is 6.92 Å². The average Bonchev–Trinajstić information content (AvgIpc) is 2.16. The molecule has 0 aromatic heterocycles. The summed E-state index contributed by atoms with van der Waals surface area (Å²) < 4.78 is 0. The lowest BCUT2D eigenvalue weighted by Crippen LogP contribution is -2.37. The van der Waals surface area contributed by atoms with Crippen LogP contribution in [0.3, 0.4) is 0 Å². The highest BCUT2D eigenvalue weighted by atomic mass is 16.3. The van der Waals surface area contributed by atoms with E-state index in [4.69, 9.17) is 5.11 Å². The van der Waals surface area contributed by atoms with Crippen LogP contribution < -0.4 is 10.6 Å². The van der Waals surface area contributed by atoms with Gasteiger partial charge in [0.2, 0.25) is 11.8 Å². The predicted octanol–water partition coefficient (Wildman–Crippen LogP) is -0.599. The number of hydrogen-bond donors (Lipinski definition) is 3. The molecule has 0 atom stereocenters. The first-order valence-electron chi connectivity index (χ1n) is 4.85. The Morgan fingerprint density at radius 2 is 1.93 bits per heavy atom. The van der Waals surface area contributed by atoms with Crippen molar-refractivity contribution in [2.45, 2.75) is 26.2 Å².